The molecule has 1 aliphatic carbocycles. The van der Waals surface area contributed by atoms with Gasteiger partial charge in [0, 0.05) is 6.04 Å². The molecule has 1 fully saturated rings. The van der Waals surface area contributed by atoms with E-state index in [1.165, 1.54) is 38.5 Å². The highest BCUT2D eigenvalue weighted by atomic mass is 14.6. The van der Waals surface area contributed by atoms with Gasteiger partial charge in [0.1, 0.15) is 0 Å². The monoisotopic (exact) mass is 169 g/mol. The lowest BCUT2D eigenvalue weighted by molar-refractivity contribution is 0.278. The molecule has 0 aromatic heterocycles. The normalized spacial score (nSPS) is 23.0. The van der Waals surface area contributed by atoms with Crippen LogP contribution in [0.4, 0.5) is 0 Å². The summed E-state index contributed by atoms with van der Waals surface area (Å²) in [5, 5.41) is 0. The fourth-order valence-electron chi connectivity index (χ4n) is 2.30. The molecule has 0 bridgehead atoms. The molecule has 0 saturated heterocycles. The van der Waals surface area contributed by atoms with Crippen molar-refractivity contribution < 1.29 is 0 Å². The summed E-state index contributed by atoms with van der Waals surface area (Å²) in [6.07, 6.45) is 8.24. The highest BCUT2D eigenvalue weighted by Crippen LogP contribution is 2.27. The van der Waals surface area contributed by atoms with Crippen LogP contribution in [-0.4, -0.2) is 6.04 Å². The molecular formula is C11H23N. The number of hydrogen-bond acceptors (Lipinski definition) is 1. The SMILES string of the molecule is CC(C)CC(N)C1CCCCC1. The lowest BCUT2D eigenvalue weighted by Crippen LogP contribution is -2.32. The quantitative estimate of drug-likeness (QED) is 0.690. The zero-order valence-electron chi connectivity index (χ0n) is 8.55. The summed E-state index contributed by atoms with van der Waals surface area (Å²) in [6.45, 7) is 4.53. The maximum atomic E-state index is 6.15. The predicted octanol–water partition coefficient (Wildman–Crippen LogP) is 2.94. The maximum absolute atomic E-state index is 6.15. The molecule has 0 amide bonds. The second kappa shape index (κ2) is 4.86. The first-order chi connectivity index (χ1) is 5.70. The third-order valence-corrected chi connectivity index (χ3v) is 3.00. The second-order valence-electron chi connectivity index (χ2n) is 4.69. The third kappa shape index (κ3) is 3.14. The lowest BCUT2D eigenvalue weighted by atomic mass is 9.81. The molecule has 0 aromatic rings. The summed E-state index contributed by atoms with van der Waals surface area (Å²) in [5.74, 6) is 1.60. The van der Waals surface area contributed by atoms with Crippen molar-refractivity contribution in [2.24, 2.45) is 17.6 Å². The van der Waals surface area contributed by atoms with Gasteiger partial charge in [-0.3, -0.25) is 0 Å². The highest BCUT2D eigenvalue weighted by Gasteiger charge is 2.20. The van der Waals surface area contributed by atoms with Crippen LogP contribution in [0.5, 0.6) is 0 Å². The van der Waals surface area contributed by atoms with E-state index in [-0.39, 0.29) is 0 Å². The van der Waals surface area contributed by atoms with E-state index in [2.05, 4.69) is 13.8 Å². The van der Waals surface area contributed by atoms with Crippen molar-refractivity contribution in [1.29, 1.82) is 0 Å². The van der Waals surface area contributed by atoms with Crippen LogP contribution in [-0.2, 0) is 0 Å². The molecule has 1 aliphatic rings. The Balaban J connectivity index is 2.24. The first-order valence-electron chi connectivity index (χ1n) is 5.45. The Morgan fingerprint density at radius 1 is 1.17 bits per heavy atom. The summed E-state index contributed by atoms with van der Waals surface area (Å²) in [7, 11) is 0. The molecule has 1 saturated carbocycles. The zero-order chi connectivity index (χ0) is 8.97. The number of nitrogens with two attached hydrogens (primary N) is 1. The van der Waals surface area contributed by atoms with Crippen LogP contribution in [0, 0.1) is 11.8 Å². The summed E-state index contributed by atoms with van der Waals surface area (Å²) in [5.41, 5.74) is 6.15. The minimum Gasteiger partial charge on any atom is -0.327 e. The first-order valence-corrected chi connectivity index (χ1v) is 5.45. The molecule has 1 unspecified atom stereocenters. The van der Waals surface area contributed by atoms with E-state index in [0.717, 1.165) is 11.8 Å². The molecule has 0 aliphatic heterocycles. The molecule has 2 N–H and O–H groups in total. The minimum absolute atomic E-state index is 0.477. The zero-order valence-corrected chi connectivity index (χ0v) is 8.55. The van der Waals surface area contributed by atoms with Gasteiger partial charge in [-0.2, -0.15) is 0 Å². The van der Waals surface area contributed by atoms with Crippen LogP contribution in [0.3, 0.4) is 0 Å². The smallest absolute Gasteiger partial charge is 0.00695 e. The Morgan fingerprint density at radius 3 is 2.25 bits per heavy atom. The molecule has 12 heavy (non-hydrogen) atoms. The van der Waals surface area contributed by atoms with Crippen LogP contribution >= 0.6 is 0 Å². The van der Waals surface area contributed by atoms with E-state index < -0.39 is 0 Å². The molecule has 0 aromatic carbocycles. The molecule has 1 nitrogen and oxygen atoms in total. The van der Waals surface area contributed by atoms with Gasteiger partial charge in [0.25, 0.3) is 0 Å². The van der Waals surface area contributed by atoms with Crippen molar-refractivity contribution in [2.45, 2.75) is 58.4 Å². The second-order valence-corrected chi connectivity index (χ2v) is 4.69. The Kier molecular flexibility index (Phi) is 4.07. The molecule has 0 spiro atoms. The molecule has 1 rings (SSSR count). The average molecular weight is 169 g/mol. The largest absolute Gasteiger partial charge is 0.327 e. The molecule has 0 radical (unpaired) electrons. The molecule has 72 valence electrons. The van der Waals surface area contributed by atoms with Crippen molar-refractivity contribution >= 4 is 0 Å². The summed E-state index contributed by atoms with van der Waals surface area (Å²) < 4.78 is 0. The van der Waals surface area contributed by atoms with E-state index in [9.17, 15) is 0 Å². The Bertz CT molecular complexity index is 114. The molecular weight excluding hydrogens is 146 g/mol. The van der Waals surface area contributed by atoms with Crippen molar-refractivity contribution in [3.63, 3.8) is 0 Å². The van der Waals surface area contributed by atoms with Gasteiger partial charge in [0.15, 0.2) is 0 Å². The van der Waals surface area contributed by atoms with Gasteiger partial charge < -0.3 is 5.73 Å². The predicted molar refractivity (Wildman–Crippen MR) is 54.0 cm³/mol. The summed E-state index contributed by atoms with van der Waals surface area (Å²) in [4.78, 5) is 0. The van der Waals surface area contributed by atoms with Crippen LogP contribution in [0.1, 0.15) is 52.4 Å². The minimum atomic E-state index is 0.477. The van der Waals surface area contributed by atoms with Gasteiger partial charge in [-0.25, -0.2) is 0 Å². The Labute approximate surface area is 76.7 Å². The molecule has 0 heterocycles. The van der Waals surface area contributed by atoms with Gasteiger partial charge in [0.05, 0.1) is 0 Å². The standard InChI is InChI=1S/C11H23N/c1-9(2)8-11(12)10-6-4-3-5-7-10/h9-11H,3-8,12H2,1-2H3. The van der Waals surface area contributed by atoms with Gasteiger partial charge in [-0.05, 0) is 31.1 Å². The fraction of sp³-hybridized carbons (Fsp3) is 1.00. The van der Waals surface area contributed by atoms with Crippen molar-refractivity contribution in [1.82, 2.24) is 0 Å². The Morgan fingerprint density at radius 2 is 1.75 bits per heavy atom. The number of rotatable bonds is 3. The van der Waals surface area contributed by atoms with E-state index in [4.69, 9.17) is 5.73 Å². The van der Waals surface area contributed by atoms with E-state index >= 15 is 0 Å². The topological polar surface area (TPSA) is 26.0 Å². The third-order valence-electron chi connectivity index (χ3n) is 3.00. The van der Waals surface area contributed by atoms with E-state index in [0.29, 0.717) is 6.04 Å². The fourth-order valence-corrected chi connectivity index (χ4v) is 2.30. The Hall–Kier alpha value is -0.0400. The average Bonchev–Trinajstić information content (AvgIpc) is 2.05. The lowest BCUT2D eigenvalue weighted by Gasteiger charge is -2.28. The van der Waals surface area contributed by atoms with Gasteiger partial charge in [-0.15, -0.1) is 0 Å². The van der Waals surface area contributed by atoms with Gasteiger partial charge >= 0.3 is 0 Å². The van der Waals surface area contributed by atoms with Crippen LogP contribution < -0.4 is 5.73 Å². The molecule has 1 heteroatoms. The van der Waals surface area contributed by atoms with Crippen molar-refractivity contribution in [2.75, 3.05) is 0 Å². The van der Waals surface area contributed by atoms with Gasteiger partial charge in [0.2, 0.25) is 0 Å². The van der Waals surface area contributed by atoms with E-state index in [1.807, 2.05) is 0 Å². The van der Waals surface area contributed by atoms with Crippen molar-refractivity contribution in [3.8, 4) is 0 Å². The van der Waals surface area contributed by atoms with Crippen LogP contribution in [0.25, 0.3) is 0 Å². The first kappa shape index (κ1) is 10.0. The number of hydrogen-bond donors (Lipinski definition) is 1. The summed E-state index contributed by atoms with van der Waals surface area (Å²) >= 11 is 0. The maximum Gasteiger partial charge on any atom is 0.00695 e. The van der Waals surface area contributed by atoms with E-state index in [1.54, 1.807) is 0 Å². The highest BCUT2D eigenvalue weighted by molar-refractivity contribution is 4.77. The van der Waals surface area contributed by atoms with Crippen LogP contribution in [0.15, 0.2) is 0 Å². The summed E-state index contributed by atoms with van der Waals surface area (Å²) in [6, 6.07) is 0.477. The van der Waals surface area contributed by atoms with Crippen molar-refractivity contribution in [3.05, 3.63) is 0 Å². The van der Waals surface area contributed by atoms with Gasteiger partial charge in [-0.1, -0.05) is 33.1 Å². The van der Waals surface area contributed by atoms with Crippen LogP contribution in [0.2, 0.25) is 0 Å². The molecule has 1 atom stereocenters.